The number of rotatable bonds is 4. The number of ether oxygens (including phenoxy) is 1. The quantitative estimate of drug-likeness (QED) is 0.741. The molecule has 3 heterocycles. The molecule has 2 aliphatic rings. The van der Waals surface area contributed by atoms with Gasteiger partial charge >= 0.3 is 0 Å². The van der Waals surface area contributed by atoms with Gasteiger partial charge in [-0.3, -0.25) is 14.3 Å². The molecule has 0 saturated carbocycles. The minimum absolute atomic E-state index is 0.0988. The molecule has 8 nitrogen and oxygen atoms in total. The Kier molecular flexibility index (Phi) is 4.10. The van der Waals surface area contributed by atoms with Gasteiger partial charge in [-0.1, -0.05) is 0 Å². The van der Waals surface area contributed by atoms with Gasteiger partial charge in [0.2, 0.25) is 11.7 Å². The fourth-order valence-electron chi connectivity index (χ4n) is 3.28. The summed E-state index contributed by atoms with van der Waals surface area (Å²) >= 11 is 0. The summed E-state index contributed by atoms with van der Waals surface area (Å²) in [6.45, 7) is 2.99. The number of hydrogen-bond donors (Lipinski definition) is 0. The number of hydrogen-bond acceptors (Lipinski definition) is 5. The van der Waals surface area contributed by atoms with E-state index in [1.807, 2.05) is 4.90 Å². The van der Waals surface area contributed by atoms with Crippen molar-refractivity contribution in [3.8, 4) is 0 Å². The molecule has 2 aliphatic heterocycles. The number of aromatic nitrogens is 3. The number of piperidine rings is 1. The third-order valence-corrected chi connectivity index (χ3v) is 4.48. The Morgan fingerprint density at radius 2 is 2.27 bits per heavy atom. The van der Waals surface area contributed by atoms with E-state index in [1.165, 1.54) is 11.0 Å². The Balaban J connectivity index is 1.66. The standard InChI is InChI=1S/C14H21N5O3/c1-17-9-15-12(16-17)14(21)19-7-10-3-4-18(5-6-22-2)13(20)11(10)8-19/h9-11H,3-8H2,1-2H3. The second-order valence-corrected chi connectivity index (χ2v) is 5.93. The molecular weight excluding hydrogens is 286 g/mol. The first-order chi connectivity index (χ1) is 10.6. The Labute approximate surface area is 129 Å². The van der Waals surface area contributed by atoms with Gasteiger partial charge in [0.25, 0.3) is 5.91 Å². The van der Waals surface area contributed by atoms with E-state index in [2.05, 4.69) is 10.1 Å². The number of amides is 2. The van der Waals surface area contributed by atoms with E-state index in [4.69, 9.17) is 4.74 Å². The fourth-order valence-corrected chi connectivity index (χ4v) is 3.28. The summed E-state index contributed by atoms with van der Waals surface area (Å²) in [6.07, 6.45) is 2.44. The molecule has 0 radical (unpaired) electrons. The van der Waals surface area contributed by atoms with Crippen LogP contribution in [0.15, 0.2) is 6.33 Å². The van der Waals surface area contributed by atoms with Crippen LogP contribution >= 0.6 is 0 Å². The van der Waals surface area contributed by atoms with E-state index in [9.17, 15) is 9.59 Å². The van der Waals surface area contributed by atoms with Crippen molar-refractivity contribution >= 4 is 11.8 Å². The lowest BCUT2D eigenvalue weighted by Crippen LogP contribution is -2.46. The molecule has 0 spiro atoms. The van der Waals surface area contributed by atoms with Crippen molar-refractivity contribution in [1.29, 1.82) is 0 Å². The molecule has 2 unspecified atom stereocenters. The van der Waals surface area contributed by atoms with Crippen LogP contribution in [0.3, 0.4) is 0 Å². The molecule has 0 aliphatic carbocycles. The van der Waals surface area contributed by atoms with E-state index in [0.29, 0.717) is 26.2 Å². The number of methoxy groups -OCH3 is 1. The third kappa shape index (κ3) is 2.70. The van der Waals surface area contributed by atoms with Crippen molar-refractivity contribution in [3.05, 3.63) is 12.2 Å². The van der Waals surface area contributed by atoms with Crippen molar-refractivity contribution in [2.45, 2.75) is 6.42 Å². The number of fused-ring (bicyclic) bond motifs is 1. The van der Waals surface area contributed by atoms with Crippen molar-refractivity contribution in [3.63, 3.8) is 0 Å². The summed E-state index contributed by atoms with van der Waals surface area (Å²) < 4.78 is 6.55. The first-order valence-corrected chi connectivity index (χ1v) is 7.52. The van der Waals surface area contributed by atoms with Crippen LogP contribution in [-0.4, -0.2) is 76.3 Å². The van der Waals surface area contributed by atoms with Crippen LogP contribution in [0, 0.1) is 11.8 Å². The SMILES string of the molecule is COCCN1CCC2CN(C(=O)c3ncn(C)n3)CC2C1=O. The van der Waals surface area contributed by atoms with Gasteiger partial charge in [-0.15, -0.1) is 5.10 Å². The van der Waals surface area contributed by atoms with Gasteiger partial charge in [-0.25, -0.2) is 4.98 Å². The lowest BCUT2D eigenvalue weighted by Gasteiger charge is -2.33. The zero-order valence-corrected chi connectivity index (χ0v) is 12.9. The van der Waals surface area contributed by atoms with Crippen molar-refractivity contribution < 1.29 is 14.3 Å². The summed E-state index contributed by atoms with van der Waals surface area (Å²) in [6, 6.07) is 0. The molecule has 1 aromatic rings. The van der Waals surface area contributed by atoms with E-state index >= 15 is 0 Å². The lowest BCUT2D eigenvalue weighted by atomic mass is 9.88. The highest BCUT2D eigenvalue weighted by molar-refractivity contribution is 5.91. The molecule has 2 amide bonds. The average molecular weight is 307 g/mol. The molecule has 1 aromatic heterocycles. The first kappa shape index (κ1) is 15.0. The molecule has 2 atom stereocenters. The van der Waals surface area contributed by atoms with Gasteiger partial charge in [0, 0.05) is 40.3 Å². The highest BCUT2D eigenvalue weighted by atomic mass is 16.5. The van der Waals surface area contributed by atoms with Crippen LogP contribution in [0.25, 0.3) is 0 Å². The summed E-state index contributed by atoms with van der Waals surface area (Å²) in [4.78, 5) is 32.5. The number of nitrogens with zero attached hydrogens (tertiary/aromatic N) is 5. The maximum absolute atomic E-state index is 12.5. The largest absolute Gasteiger partial charge is 0.383 e. The second kappa shape index (κ2) is 6.04. The molecule has 22 heavy (non-hydrogen) atoms. The predicted molar refractivity (Wildman–Crippen MR) is 77.0 cm³/mol. The van der Waals surface area contributed by atoms with Gasteiger partial charge in [-0.2, -0.15) is 0 Å². The zero-order chi connectivity index (χ0) is 15.7. The van der Waals surface area contributed by atoms with Gasteiger partial charge in [-0.05, 0) is 12.3 Å². The summed E-state index contributed by atoms with van der Waals surface area (Å²) in [5.74, 6) is 0.297. The summed E-state index contributed by atoms with van der Waals surface area (Å²) in [7, 11) is 3.36. The number of likely N-dealkylation sites (tertiary alicyclic amines) is 2. The van der Waals surface area contributed by atoms with Crippen LogP contribution in [0.5, 0.6) is 0 Å². The van der Waals surface area contributed by atoms with Crippen LogP contribution in [-0.2, 0) is 16.6 Å². The van der Waals surface area contributed by atoms with Crippen molar-refractivity contribution in [1.82, 2.24) is 24.6 Å². The Morgan fingerprint density at radius 3 is 2.95 bits per heavy atom. The summed E-state index contributed by atoms with van der Waals surface area (Å²) in [5, 5.41) is 4.05. The number of carbonyl (C=O) groups is 2. The minimum Gasteiger partial charge on any atom is -0.383 e. The fraction of sp³-hybridized carbons (Fsp3) is 0.714. The normalized spacial score (nSPS) is 24.7. The smallest absolute Gasteiger partial charge is 0.293 e. The Hall–Kier alpha value is -1.96. The van der Waals surface area contributed by atoms with E-state index in [1.54, 1.807) is 19.1 Å². The number of aryl methyl sites for hydroxylation is 1. The van der Waals surface area contributed by atoms with E-state index in [0.717, 1.165) is 13.0 Å². The zero-order valence-electron chi connectivity index (χ0n) is 12.9. The predicted octanol–water partition coefficient (Wildman–Crippen LogP) is -0.618. The second-order valence-electron chi connectivity index (χ2n) is 5.93. The highest BCUT2D eigenvalue weighted by Crippen LogP contribution is 2.32. The minimum atomic E-state index is -0.189. The monoisotopic (exact) mass is 307 g/mol. The molecule has 120 valence electrons. The van der Waals surface area contributed by atoms with Crippen LogP contribution < -0.4 is 0 Å². The van der Waals surface area contributed by atoms with Gasteiger partial charge in [0.1, 0.15) is 6.33 Å². The first-order valence-electron chi connectivity index (χ1n) is 7.52. The maximum atomic E-state index is 12.5. The van der Waals surface area contributed by atoms with Crippen LogP contribution in [0.1, 0.15) is 17.0 Å². The van der Waals surface area contributed by atoms with E-state index < -0.39 is 0 Å². The topological polar surface area (TPSA) is 80.6 Å². The lowest BCUT2D eigenvalue weighted by molar-refractivity contribution is -0.140. The average Bonchev–Trinajstić information content (AvgIpc) is 3.12. The highest BCUT2D eigenvalue weighted by Gasteiger charge is 2.44. The Morgan fingerprint density at radius 1 is 1.45 bits per heavy atom. The van der Waals surface area contributed by atoms with Gasteiger partial charge in [0.15, 0.2) is 0 Å². The summed E-state index contributed by atoms with van der Waals surface area (Å²) in [5.41, 5.74) is 0. The van der Waals surface area contributed by atoms with Crippen LogP contribution in [0.2, 0.25) is 0 Å². The molecule has 2 saturated heterocycles. The molecule has 8 heteroatoms. The van der Waals surface area contributed by atoms with Crippen LogP contribution in [0.4, 0.5) is 0 Å². The van der Waals surface area contributed by atoms with Gasteiger partial charge in [0.05, 0.1) is 12.5 Å². The number of carbonyl (C=O) groups excluding carboxylic acids is 2. The van der Waals surface area contributed by atoms with E-state index in [-0.39, 0.29) is 29.5 Å². The van der Waals surface area contributed by atoms with Gasteiger partial charge < -0.3 is 14.5 Å². The van der Waals surface area contributed by atoms with Crippen molar-refractivity contribution in [2.24, 2.45) is 18.9 Å². The molecular formula is C14H21N5O3. The Bertz CT molecular complexity index is 573. The van der Waals surface area contributed by atoms with Crippen molar-refractivity contribution in [2.75, 3.05) is 39.9 Å². The molecule has 2 fully saturated rings. The molecule has 3 rings (SSSR count). The maximum Gasteiger partial charge on any atom is 0.293 e. The third-order valence-electron chi connectivity index (χ3n) is 4.48. The molecule has 0 bridgehead atoms. The molecule has 0 N–H and O–H groups in total. The molecule has 0 aromatic carbocycles.